The van der Waals surface area contributed by atoms with Crippen LogP contribution in [-0.2, 0) is 5.75 Å². The maximum atomic E-state index is 13.6. The molecule has 4 N–H and O–H groups in total. The number of nitrogens with one attached hydrogen (secondary N) is 2. The topological polar surface area (TPSA) is 127 Å². The van der Waals surface area contributed by atoms with Crippen LogP contribution in [0.3, 0.4) is 0 Å². The molecule has 1 aromatic carbocycles. The van der Waals surface area contributed by atoms with E-state index < -0.39 is 11.6 Å². The Hall–Kier alpha value is -3.28. The molecule has 3 rings (SSSR count). The van der Waals surface area contributed by atoms with Crippen molar-refractivity contribution in [1.82, 2.24) is 25.5 Å². The van der Waals surface area contributed by atoms with Gasteiger partial charge in [-0.15, -0.1) is 10.2 Å². The highest BCUT2D eigenvalue weighted by atomic mass is 32.2. The molecule has 3 aromatic rings. The third-order valence-electron chi connectivity index (χ3n) is 3.96. The molecular weight excluding hydrogens is 426 g/mol. The van der Waals surface area contributed by atoms with Gasteiger partial charge in [-0.05, 0) is 26.8 Å². The highest BCUT2D eigenvalue weighted by Gasteiger charge is 2.17. The number of nitrogens with two attached hydrogens (primary N) is 1. The van der Waals surface area contributed by atoms with Crippen molar-refractivity contribution in [3.8, 4) is 11.5 Å². The second-order valence-corrected chi connectivity index (χ2v) is 7.21. The van der Waals surface area contributed by atoms with Gasteiger partial charge in [0.25, 0.3) is 11.1 Å². The van der Waals surface area contributed by atoms with E-state index in [-0.39, 0.29) is 22.4 Å². The highest BCUT2D eigenvalue weighted by molar-refractivity contribution is 7.98. The molecule has 2 heterocycles. The first-order valence-electron chi connectivity index (χ1n) is 9.50. The van der Waals surface area contributed by atoms with Crippen LogP contribution in [0, 0.1) is 18.6 Å². The van der Waals surface area contributed by atoms with Crippen molar-refractivity contribution in [2.75, 3.05) is 24.1 Å². The van der Waals surface area contributed by atoms with Crippen molar-refractivity contribution < 1.29 is 13.2 Å². The summed E-state index contributed by atoms with van der Waals surface area (Å²) in [5.41, 5.74) is 6.67. The van der Waals surface area contributed by atoms with Crippen molar-refractivity contribution in [3.63, 3.8) is 0 Å². The van der Waals surface area contributed by atoms with Crippen LogP contribution in [0.2, 0.25) is 0 Å². The fourth-order valence-electron chi connectivity index (χ4n) is 2.55. The van der Waals surface area contributed by atoms with Crippen LogP contribution in [0.25, 0.3) is 11.5 Å². The summed E-state index contributed by atoms with van der Waals surface area (Å²) in [6.45, 7) is 7.03. The number of anilines is 2. The van der Waals surface area contributed by atoms with E-state index in [9.17, 15) is 8.78 Å². The summed E-state index contributed by atoms with van der Waals surface area (Å²) in [5.74, 6) is 0.163. The molecule has 0 atom stereocenters. The smallest absolute Gasteiger partial charge is 0.277 e. The molecule has 0 fully saturated rings. The third-order valence-corrected chi connectivity index (χ3v) is 4.83. The zero-order valence-electron chi connectivity index (χ0n) is 17.2. The lowest BCUT2D eigenvalue weighted by Crippen LogP contribution is -2.31. The number of halogens is 2. The normalized spacial score (nSPS) is 11.6. The molecule has 0 saturated heterocycles. The number of nitrogens with zero attached hydrogens (tertiary/aromatic N) is 5. The highest BCUT2D eigenvalue weighted by Crippen LogP contribution is 2.31. The molecule has 0 aliphatic carbocycles. The largest absolute Gasteiger partial charge is 0.411 e. The Morgan fingerprint density at radius 2 is 2.00 bits per heavy atom. The molecule has 0 aliphatic rings. The van der Waals surface area contributed by atoms with Gasteiger partial charge in [0.05, 0.1) is 5.56 Å². The van der Waals surface area contributed by atoms with Crippen LogP contribution in [0.5, 0.6) is 0 Å². The Bertz CT molecular complexity index is 1090. The van der Waals surface area contributed by atoms with Gasteiger partial charge < -0.3 is 20.8 Å². The summed E-state index contributed by atoms with van der Waals surface area (Å²) in [7, 11) is 0. The number of hydrogen-bond donors (Lipinski definition) is 3. The van der Waals surface area contributed by atoms with E-state index in [2.05, 4.69) is 35.8 Å². The predicted molar refractivity (Wildman–Crippen MR) is 116 cm³/mol. The van der Waals surface area contributed by atoms with Gasteiger partial charge in [0.1, 0.15) is 11.6 Å². The van der Waals surface area contributed by atoms with E-state index in [4.69, 9.17) is 10.2 Å². The number of rotatable bonds is 7. The van der Waals surface area contributed by atoms with Gasteiger partial charge in [-0.3, -0.25) is 4.99 Å². The van der Waals surface area contributed by atoms with E-state index >= 15 is 0 Å². The van der Waals surface area contributed by atoms with Crippen molar-refractivity contribution in [3.05, 3.63) is 41.4 Å². The number of aromatic nitrogens is 4. The quantitative estimate of drug-likeness (QED) is 0.216. The second kappa shape index (κ2) is 10.2. The number of benzene rings is 1. The van der Waals surface area contributed by atoms with Gasteiger partial charge in [0.15, 0.2) is 17.6 Å². The van der Waals surface area contributed by atoms with Crippen LogP contribution in [-0.4, -0.2) is 39.2 Å². The van der Waals surface area contributed by atoms with Crippen molar-refractivity contribution in [2.24, 2.45) is 4.99 Å². The molecule has 2 aromatic heterocycles. The summed E-state index contributed by atoms with van der Waals surface area (Å²) in [5, 5.41) is 14.4. The lowest BCUT2D eigenvalue weighted by Gasteiger charge is -2.13. The van der Waals surface area contributed by atoms with Crippen LogP contribution in [0.15, 0.2) is 33.0 Å². The van der Waals surface area contributed by atoms with E-state index in [1.807, 2.05) is 13.8 Å². The minimum absolute atomic E-state index is 0.00177. The lowest BCUT2D eigenvalue weighted by molar-refractivity contribution is 0.464. The van der Waals surface area contributed by atoms with Gasteiger partial charge in [0, 0.05) is 42.4 Å². The molecular formula is C19H22F2N8OS. The number of thioether (sulfide) groups is 1. The van der Waals surface area contributed by atoms with Crippen LogP contribution in [0.4, 0.5) is 20.3 Å². The van der Waals surface area contributed by atoms with Crippen LogP contribution >= 0.6 is 11.8 Å². The Kier molecular flexibility index (Phi) is 7.34. The van der Waals surface area contributed by atoms with E-state index in [1.165, 1.54) is 11.8 Å². The SMILES string of the molecule is CCN=C(NCC)Nc1nc(C)ncc1CSc1nnc(-c2cc(F)c(F)cc2N)o1. The molecule has 9 nitrogen and oxygen atoms in total. The molecule has 0 spiro atoms. The Morgan fingerprint density at radius 3 is 2.74 bits per heavy atom. The van der Waals surface area contributed by atoms with E-state index in [0.717, 1.165) is 17.7 Å². The summed E-state index contributed by atoms with van der Waals surface area (Å²) in [4.78, 5) is 13.1. The van der Waals surface area contributed by atoms with Gasteiger partial charge in [0.2, 0.25) is 0 Å². The molecule has 0 amide bonds. The maximum absolute atomic E-state index is 13.6. The van der Waals surface area contributed by atoms with E-state index in [0.29, 0.717) is 36.4 Å². The summed E-state index contributed by atoms with van der Waals surface area (Å²) < 4.78 is 32.4. The summed E-state index contributed by atoms with van der Waals surface area (Å²) in [6.07, 6.45) is 1.71. The van der Waals surface area contributed by atoms with Gasteiger partial charge >= 0.3 is 0 Å². The fraction of sp³-hybridized carbons (Fsp3) is 0.316. The number of aliphatic imine (C=N–C) groups is 1. The second-order valence-electron chi connectivity index (χ2n) is 6.28. The molecule has 31 heavy (non-hydrogen) atoms. The van der Waals surface area contributed by atoms with Crippen LogP contribution in [0.1, 0.15) is 25.2 Å². The fourth-order valence-corrected chi connectivity index (χ4v) is 3.28. The monoisotopic (exact) mass is 448 g/mol. The average molecular weight is 449 g/mol. The Labute approximate surface area is 182 Å². The van der Waals surface area contributed by atoms with Gasteiger partial charge in [-0.1, -0.05) is 11.8 Å². The number of nitrogen functional groups attached to an aromatic ring is 1. The summed E-state index contributed by atoms with van der Waals surface area (Å²) >= 11 is 1.25. The first-order chi connectivity index (χ1) is 14.9. The predicted octanol–water partition coefficient (Wildman–Crippen LogP) is 3.39. The average Bonchev–Trinajstić information content (AvgIpc) is 3.19. The van der Waals surface area contributed by atoms with Gasteiger partial charge in [-0.25, -0.2) is 18.7 Å². The Morgan fingerprint density at radius 1 is 1.23 bits per heavy atom. The van der Waals surface area contributed by atoms with E-state index in [1.54, 1.807) is 13.1 Å². The van der Waals surface area contributed by atoms with Crippen molar-refractivity contribution in [1.29, 1.82) is 0 Å². The minimum Gasteiger partial charge on any atom is -0.411 e. The zero-order valence-corrected chi connectivity index (χ0v) is 18.1. The molecule has 0 radical (unpaired) electrons. The first kappa shape index (κ1) is 22.4. The van der Waals surface area contributed by atoms with Gasteiger partial charge in [-0.2, -0.15) is 0 Å². The molecule has 12 heteroatoms. The Balaban J connectivity index is 1.77. The van der Waals surface area contributed by atoms with Crippen LogP contribution < -0.4 is 16.4 Å². The number of hydrogen-bond acceptors (Lipinski definition) is 8. The molecule has 0 unspecified atom stereocenters. The van der Waals surface area contributed by atoms with Crippen molar-refractivity contribution >= 4 is 29.2 Å². The number of aryl methyl sites for hydroxylation is 1. The minimum atomic E-state index is -1.05. The zero-order chi connectivity index (χ0) is 22.4. The molecule has 0 saturated carbocycles. The van der Waals surface area contributed by atoms with Crippen molar-refractivity contribution in [2.45, 2.75) is 31.7 Å². The molecule has 0 aliphatic heterocycles. The lowest BCUT2D eigenvalue weighted by atomic mass is 10.1. The first-order valence-corrected chi connectivity index (χ1v) is 10.5. The summed E-state index contributed by atoms with van der Waals surface area (Å²) in [6, 6.07) is 1.81. The third kappa shape index (κ3) is 5.66. The maximum Gasteiger partial charge on any atom is 0.277 e. The molecule has 164 valence electrons. The number of guanidine groups is 1. The standard InChI is InChI=1S/C19H22F2N8OS/c1-4-23-18(24-5-2)27-16-11(8-25-10(3)26-16)9-31-19-29-28-17(30-19)12-6-13(20)14(21)7-15(12)22/h6-8H,4-5,9,22H2,1-3H3,(H2,23,24,25,26,27). The molecule has 0 bridgehead atoms.